The number of fused-ring (bicyclic) bond motifs is 2. The number of hydrogen-bond donors (Lipinski definition) is 1. The minimum atomic E-state index is -1.04. The van der Waals surface area contributed by atoms with E-state index in [0.717, 1.165) is 25.7 Å². The summed E-state index contributed by atoms with van der Waals surface area (Å²) in [6, 6.07) is 8.85. The standard InChI is InChI=1S/C31H33Cl2FN2O5/c1-31(2,3)40-30(39)17-9-12-24(23(34)13-17)35-18-10-11-19(35)15-20(14-18)36-27(25-21(32)5-4-6-22(25)33)26(29(37)38)28(41-36)16-7-8-16/h4-6,9,12-13,16,18-20,27H,7-8,10-11,14-15H2,1-3H3,(H,37,38)/t18-,19+,20?,27-/m1/s1. The van der Waals surface area contributed by atoms with Gasteiger partial charge in [0.15, 0.2) is 0 Å². The minimum absolute atomic E-state index is 0.0184. The van der Waals surface area contributed by atoms with E-state index in [4.69, 9.17) is 32.8 Å². The Kier molecular flexibility index (Phi) is 7.23. The van der Waals surface area contributed by atoms with Crippen molar-refractivity contribution in [2.24, 2.45) is 5.92 Å². The van der Waals surface area contributed by atoms with E-state index in [-0.39, 0.29) is 35.2 Å². The van der Waals surface area contributed by atoms with E-state index >= 15 is 4.39 Å². The van der Waals surface area contributed by atoms with E-state index < -0.39 is 29.4 Å². The molecule has 0 aromatic heterocycles. The van der Waals surface area contributed by atoms with Gasteiger partial charge in [0.25, 0.3) is 0 Å². The number of piperidine rings is 1. The number of esters is 1. The molecule has 6 rings (SSSR count). The van der Waals surface area contributed by atoms with Crippen LogP contribution in [-0.4, -0.2) is 45.8 Å². The second-order valence-electron chi connectivity index (χ2n) is 12.4. The van der Waals surface area contributed by atoms with Crippen LogP contribution in [0.15, 0.2) is 47.7 Å². The molecule has 4 aliphatic rings. The van der Waals surface area contributed by atoms with Crippen LogP contribution in [-0.2, 0) is 14.4 Å². The van der Waals surface area contributed by atoms with Crippen molar-refractivity contribution >= 4 is 40.8 Å². The van der Waals surface area contributed by atoms with Gasteiger partial charge in [0.05, 0.1) is 17.3 Å². The van der Waals surface area contributed by atoms with Crippen molar-refractivity contribution in [2.75, 3.05) is 4.90 Å². The summed E-state index contributed by atoms with van der Waals surface area (Å²) in [5, 5.41) is 12.9. The Hall–Kier alpha value is -2.81. The molecule has 3 aliphatic heterocycles. The van der Waals surface area contributed by atoms with Crippen molar-refractivity contribution in [3.05, 3.63) is 74.7 Å². The summed E-state index contributed by atoms with van der Waals surface area (Å²) < 4.78 is 20.9. The number of halogens is 3. The largest absolute Gasteiger partial charge is 0.478 e. The van der Waals surface area contributed by atoms with Gasteiger partial charge in [-0.1, -0.05) is 29.3 Å². The first-order valence-corrected chi connectivity index (χ1v) is 14.9. The Labute approximate surface area is 248 Å². The van der Waals surface area contributed by atoms with Crippen LogP contribution in [0.1, 0.15) is 81.3 Å². The third kappa shape index (κ3) is 5.30. The number of rotatable bonds is 6. The number of nitrogens with zero attached hydrogens (tertiary/aromatic N) is 2. The Bertz CT molecular complexity index is 1400. The molecule has 10 heteroatoms. The molecule has 0 radical (unpaired) electrons. The Morgan fingerprint density at radius 1 is 1.00 bits per heavy atom. The summed E-state index contributed by atoms with van der Waals surface area (Å²) in [4.78, 5) is 33.6. The van der Waals surface area contributed by atoms with Gasteiger partial charge in [0.2, 0.25) is 0 Å². The maximum Gasteiger partial charge on any atom is 0.338 e. The second kappa shape index (κ2) is 10.5. The van der Waals surface area contributed by atoms with Crippen LogP contribution in [0.3, 0.4) is 0 Å². The fourth-order valence-corrected chi connectivity index (χ4v) is 7.20. The maximum atomic E-state index is 15.5. The summed E-state index contributed by atoms with van der Waals surface area (Å²) in [5.74, 6) is -1.50. The van der Waals surface area contributed by atoms with Crippen molar-refractivity contribution in [3.8, 4) is 0 Å². The highest BCUT2D eigenvalue weighted by Crippen LogP contribution is 2.53. The lowest BCUT2D eigenvalue weighted by Crippen LogP contribution is -2.51. The predicted molar refractivity (Wildman–Crippen MR) is 153 cm³/mol. The Balaban J connectivity index is 1.28. The zero-order valence-corrected chi connectivity index (χ0v) is 24.7. The number of carboxylic acid groups (broad SMARTS) is 1. The van der Waals surface area contributed by atoms with Gasteiger partial charge in [0, 0.05) is 33.6 Å². The lowest BCUT2D eigenvalue weighted by atomic mass is 9.91. The topological polar surface area (TPSA) is 79.3 Å². The summed E-state index contributed by atoms with van der Waals surface area (Å²) in [6.45, 7) is 5.32. The second-order valence-corrected chi connectivity index (χ2v) is 13.2. The highest BCUT2D eigenvalue weighted by Gasteiger charge is 2.52. The average Bonchev–Trinajstić information content (AvgIpc) is 3.61. The predicted octanol–water partition coefficient (Wildman–Crippen LogP) is 7.32. The van der Waals surface area contributed by atoms with E-state index in [1.54, 1.807) is 56.2 Å². The van der Waals surface area contributed by atoms with Crippen LogP contribution in [0.25, 0.3) is 0 Å². The number of carboxylic acids is 1. The number of carbonyl (C=O) groups excluding carboxylic acids is 1. The fourth-order valence-electron chi connectivity index (χ4n) is 6.60. The summed E-state index contributed by atoms with van der Waals surface area (Å²) in [5.41, 5.74) is 0.682. The smallest absolute Gasteiger partial charge is 0.338 e. The number of anilines is 1. The van der Waals surface area contributed by atoms with Gasteiger partial charge in [0.1, 0.15) is 28.8 Å². The molecule has 2 saturated heterocycles. The van der Waals surface area contributed by atoms with Crippen LogP contribution >= 0.6 is 23.2 Å². The number of allylic oxidation sites excluding steroid dienone is 1. The van der Waals surface area contributed by atoms with Crippen LogP contribution in [0, 0.1) is 11.7 Å². The van der Waals surface area contributed by atoms with Crippen molar-refractivity contribution in [2.45, 2.75) is 89.1 Å². The van der Waals surface area contributed by atoms with Crippen molar-refractivity contribution in [3.63, 3.8) is 0 Å². The highest BCUT2D eigenvalue weighted by molar-refractivity contribution is 6.36. The van der Waals surface area contributed by atoms with Gasteiger partial charge in [-0.15, -0.1) is 5.06 Å². The Morgan fingerprint density at radius 2 is 1.63 bits per heavy atom. The van der Waals surface area contributed by atoms with Gasteiger partial charge in [-0.05, 0) is 89.6 Å². The molecule has 0 spiro atoms. The number of ether oxygens (including phenoxy) is 1. The van der Waals surface area contributed by atoms with Gasteiger partial charge >= 0.3 is 11.9 Å². The fraction of sp³-hybridized carbons (Fsp3) is 0.484. The van der Waals surface area contributed by atoms with Crippen molar-refractivity contribution < 1.29 is 28.7 Å². The molecule has 2 aromatic carbocycles. The monoisotopic (exact) mass is 602 g/mol. The van der Waals surface area contributed by atoms with E-state index in [1.165, 1.54) is 6.07 Å². The number of benzene rings is 2. The molecule has 2 bridgehead atoms. The minimum Gasteiger partial charge on any atom is -0.478 e. The molecule has 1 saturated carbocycles. The van der Waals surface area contributed by atoms with E-state index in [2.05, 4.69) is 4.90 Å². The molecule has 2 aromatic rings. The maximum absolute atomic E-state index is 15.5. The molecule has 0 amide bonds. The third-order valence-electron chi connectivity index (χ3n) is 8.38. The quantitative estimate of drug-likeness (QED) is 0.347. The number of carbonyl (C=O) groups is 2. The van der Waals surface area contributed by atoms with Gasteiger partial charge in [-0.3, -0.25) is 0 Å². The number of hydroxylamine groups is 2. The Morgan fingerprint density at radius 3 is 2.17 bits per heavy atom. The first-order valence-electron chi connectivity index (χ1n) is 14.1. The molecular weight excluding hydrogens is 570 g/mol. The zero-order chi connectivity index (χ0) is 29.2. The molecule has 218 valence electrons. The van der Waals surface area contributed by atoms with Crippen LogP contribution in [0.4, 0.5) is 10.1 Å². The molecule has 7 nitrogen and oxygen atoms in total. The van der Waals surface area contributed by atoms with E-state index in [9.17, 15) is 14.7 Å². The molecular formula is C31H33Cl2FN2O5. The van der Waals surface area contributed by atoms with Crippen molar-refractivity contribution in [1.82, 2.24) is 5.06 Å². The lowest BCUT2D eigenvalue weighted by molar-refractivity contribution is -0.163. The molecule has 41 heavy (non-hydrogen) atoms. The lowest BCUT2D eigenvalue weighted by Gasteiger charge is -2.44. The third-order valence-corrected chi connectivity index (χ3v) is 9.04. The molecule has 3 fully saturated rings. The highest BCUT2D eigenvalue weighted by atomic mass is 35.5. The summed E-state index contributed by atoms with van der Waals surface area (Å²) in [6.07, 6.45) is 4.79. The SMILES string of the molecule is CC(C)(C)OC(=O)c1ccc(N2[C@@H]3CC[C@H]2CC(N2OC(C4CC4)=C(C(=O)O)[C@H]2c2c(Cl)cccc2Cl)C3)c(F)c1. The molecule has 1 unspecified atom stereocenters. The van der Waals surface area contributed by atoms with Crippen LogP contribution < -0.4 is 4.90 Å². The number of hydrogen-bond acceptors (Lipinski definition) is 6. The van der Waals surface area contributed by atoms with Gasteiger partial charge < -0.3 is 19.6 Å². The first-order chi connectivity index (χ1) is 19.4. The molecule has 4 atom stereocenters. The van der Waals surface area contributed by atoms with Gasteiger partial charge in [-0.25, -0.2) is 14.0 Å². The van der Waals surface area contributed by atoms with Crippen LogP contribution in [0.2, 0.25) is 10.0 Å². The molecule has 1 N–H and O–H groups in total. The molecule has 3 heterocycles. The molecule has 1 aliphatic carbocycles. The van der Waals surface area contributed by atoms with E-state index in [0.29, 0.717) is 39.9 Å². The summed E-state index contributed by atoms with van der Waals surface area (Å²) in [7, 11) is 0. The van der Waals surface area contributed by atoms with Crippen molar-refractivity contribution in [1.29, 1.82) is 0 Å². The van der Waals surface area contributed by atoms with E-state index in [1.807, 2.05) is 0 Å². The zero-order valence-electron chi connectivity index (χ0n) is 23.2. The summed E-state index contributed by atoms with van der Waals surface area (Å²) >= 11 is 13.2. The van der Waals surface area contributed by atoms with Gasteiger partial charge in [-0.2, -0.15) is 0 Å². The normalized spacial score (nSPS) is 26.3. The number of aliphatic carboxylic acids is 1. The van der Waals surface area contributed by atoms with Crippen LogP contribution in [0.5, 0.6) is 0 Å². The average molecular weight is 604 g/mol. The first kappa shape index (κ1) is 28.3.